The normalized spacial score (nSPS) is 10.5. The summed E-state index contributed by atoms with van der Waals surface area (Å²) in [6.07, 6.45) is 0. The number of carbonyl (C=O) groups excluding carboxylic acids is 1. The van der Waals surface area contributed by atoms with E-state index in [1.807, 2.05) is 47.8 Å². The van der Waals surface area contributed by atoms with Crippen LogP contribution in [0.5, 0.6) is 0 Å². The fourth-order valence-corrected chi connectivity index (χ4v) is 2.76. The van der Waals surface area contributed by atoms with Crippen LogP contribution in [0.4, 0.5) is 0 Å². The smallest absolute Gasteiger partial charge is 0.344 e. The molecule has 0 radical (unpaired) electrons. The molecule has 0 N–H and O–H groups in total. The second-order valence-electron chi connectivity index (χ2n) is 4.30. The molecule has 0 aliphatic heterocycles. The fourth-order valence-electron chi connectivity index (χ4n) is 2.05. The summed E-state index contributed by atoms with van der Waals surface area (Å²) in [7, 11) is 0. The summed E-state index contributed by atoms with van der Waals surface area (Å²) in [6.45, 7) is 2.08. The van der Waals surface area contributed by atoms with E-state index in [0.717, 1.165) is 10.4 Å². The van der Waals surface area contributed by atoms with Crippen LogP contribution < -0.4 is 0 Å². The van der Waals surface area contributed by atoms with Crippen molar-refractivity contribution < 1.29 is 14.1 Å². The second kappa shape index (κ2) is 5.93. The minimum Gasteiger partial charge on any atom is -0.462 e. The standard InChI is InChI=1S/C16H13NO3S/c1-2-19-16(18)13-14(11-7-4-3-5-8-11)17-20-15(13)12-9-6-10-21-12/h3-10H,2H2,1H3. The molecule has 0 unspecified atom stereocenters. The van der Waals surface area contributed by atoms with Gasteiger partial charge in [0, 0.05) is 5.56 Å². The third-order valence-corrected chi connectivity index (χ3v) is 3.83. The number of aromatic nitrogens is 1. The molecule has 0 saturated carbocycles. The van der Waals surface area contributed by atoms with Gasteiger partial charge in [0.15, 0.2) is 5.76 Å². The molecule has 1 aromatic carbocycles. The summed E-state index contributed by atoms with van der Waals surface area (Å²) in [5.41, 5.74) is 1.72. The summed E-state index contributed by atoms with van der Waals surface area (Å²) in [4.78, 5) is 13.2. The van der Waals surface area contributed by atoms with Crippen LogP contribution in [-0.2, 0) is 4.74 Å². The molecule has 21 heavy (non-hydrogen) atoms. The topological polar surface area (TPSA) is 52.3 Å². The highest BCUT2D eigenvalue weighted by Crippen LogP contribution is 2.34. The first-order chi connectivity index (χ1) is 10.3. The Hall–Kier alpha value is -2.40. The summed E-state index contributed by atoms with van der Waals surface area (Å²) in [6, 6.07) is 13.3. The number of rotatable bonds is 4. The first kappa shape index (κ1) is 13.6. The molecule has 4 nitrogen and oxygen atoms in total. The van der Waals surface area contributed by atoms with Crippen LogP contribution in [0.2, 0.25) is 0 Å². The largest absolute Gasteiger partial charge is 0.462 e. The third kappa shape index (κ3) is 2.60. The number of nitrogens with zero attached hydrogens (tertiary/aromatic N) is 1. The van der Waals surface area contributed by atoms with E-state index in [4.69, 9.17) is 9.26 Å². The average Bonchev–Trinajstić information content (AvgIpc) is 3.17. The number of hydrogen-bond acceptors (Lipinski definition) is 5. The first-order valence-electron chi connectivity index (χ1n) is 6.57. The van der Waals surface area contributed by atoms with Crippen LogP contribution in [-0.4, -0.2) is 17.7 Å². The molecular weight excluding hydrogens is 286 g/mol. The molecule has 0 atom stereocenters. The molecule has 2 aromatic heterocycles. The third-order valence-electron chi connectivity index (χ3n) is 2.96. The lowest BCUT2D eigenvalue weighted by Gasteiger charge is -2.03. The molecule has 0 saturated heterocycles. The van der Waals surface area contributed by atoms with Gasteiger partial charge in [0.05, 0.1) is 11.5 Å². The molecule has 0 aliphatic rings. The van der Waals surface area contributed by atoms with Crippen molar-refractivity contribution >= 4 is 17.3 Å². The predicted molar refractivity (Wildman–Crippen MR) is 81.2 cm³/mol. The number of ether oxygens (including phenoxy) is 1. The van der Waals surface area contributed by atoms with E-state index in [0.29, 0.717) is 23.6 Å². The molecule has 0 amide bonds. The number of hydrogen-bond donors (Lipinski definition) is 0. The van der Waals surface area contributed by atoms with Gasteiger partial charge in [-0.15, -0.1) is 11.3 Å². The Balaban J connectivity index is 2.15. The molecule has 0 aliphatic carbocycles. The summed E-state index contributed by atoms with van der Waals surface area (Å²) < 4.78 is 10.6. The maximum atomic E-state index is 12.3. The van der Waals surface area contributed by atoms with Crippen LogP contribution in [0, 0.1) is 0 Å². The second-order valence-corrected chi connectivity index (χ2v) is 5.25. The van der Waals surface area contributed by atoms with Crippen molar-refractivity contribution in [2.45, 2.75) is 6.92 Å². The number of benzene rings is 1. The van der Waals surface area contributed by atoms with E-state index >= 15 is 0 Å². The molecule has 0 bridgehead atoms. The van der Waals surface area contributed by atoms with E-state index < -0.39 is 5.97 Å². The first-order valence-corrected chi connectivity index (χ1v) is 7.45. The van der Waals surface area contributed by atoms with Crippen LogP contribution in [0.25, 0.3) is 21.9 Å². The zero-order chi connectivity index (χ0) is 14.7. The van der Waals surface area contributed by atoms with Crippen molar-refractivity contribution in [2.24, 2.45) is 0 Å². The highest BCUT2D eigenvalue weighted by atomic mass is 32.1. The van der Waals surface area contributed by atoms with Gasteiger partial charge in [0.1, 0.15) is 11.3 Å². The van der Waals surface area contributed by atoms with Crippen molar-refractivity contribution in [3.8, 4) is 21.9 Å². The lowest BCUT2D eigenvalue weighted by molar-refractivity contribution is 0.0527. The van der Waals surface area contributed by atoms with E-state index in [9.17, 15) is 4.79 Å². The highest BCUT2D eigenvalue weighted by molar-refractivity contribution is 7.13. The Bertz CT molecular complexity index is 732. The lowest BCUT2D eigenvalue weighted by atomic mass is 10.1. The minimum atomic E-state index is -0.416. The number of esters is 1. The Morgan fingerprint density at radius 2 is 2.05 bits per heavy atom. The number of carbonyl (C=O) groups is 1. The van der Waals surface area contributed by atoms with Crippen LogP contribution in [0.15, 0.2) is 52.4 Å². The molecule has 2 heterocycles. The fraction of sp³-hybridized carbons (Fsp3) is 0.125. The zero-order valence-electron chi connectivity index (χ0n) is 11.4. The van der Waals surface area contributed by atoms with Gasteiger partial charge >= 0.3 is 5.97 Å². The molecule has 106 valence electrons. The monoisotopic (exact) mass is 299 g/mol. The summed E-state index contributed by atoms with van der Waals surface area (Å²) >= 11 is 1.49. The van der Waals surface area contributed by atoms with Gasteiger partial charge in [-0.3, -0.25) is 0 Å². The van der Waals surface area contributed by atoms with E-state index in [1.165, 1.54) is 11.3 Å². The van der Waals surface area contributed by atoms with Gasteiger partial charge in [-0.2, -0.15) is 0 Å². The van der Waals surface area contributed by atoms with Gasteiger partial charge in [-0.05, 0) is 18.4 Å². The lowest BCUT2D eigenvalue weighted by Crippen LogP contribution is -2.06. The van der Waals surface area contributed by atoms with E-state index in [1.54, 1.807) is 6.92 Å². The maximum Gasteiger partial charge on any atom is 0.344 e. The van der Waals surface area contributed by atoms with E-state index in [-0.39, 0.29) is 0 Å². The van der Waals surface area contributed by atoms with Crippen molar-refractivity contribution in [1.29, 1.82) is 0 Å². The van der Waals surface area contributed by atoms with Crippen molar-refractivity contribution in [1.82, 2.24) is 5.16 Å². The quantitative estimate of drug-likeness (QED) is 0.676. The van der Waals surface area contributed by atoms with Crippen LogP contribution in [0.3, 0.4) is 0 Å². The summed E-state index contributed by atoms with van der Waals surface area (Å²) in [5.74, 6) is 0.0447. The van der Waals surface area contributed by atoms with Gasteiger partial charge in [-0.25, -0.2) is 4.79 Å². The van der Waals surface area contributed by atoms with Crippen molar-refractivity contribution in [3.05, 3.63) is 53.4 Å². The molecule has 0 spiro atoms. The average molecular weight is 299 g/mol. The molecule has 0 fully saturated rings. The van der Waals surface area contributed by atoms with E-state index in [2.05, 4.69) is 5.16 Å². The molecule has 3 aromatic rings. The highest BCUT2D eigenvalue weighted by Gasteiger charge is 2.26. The minimum absolute atomic E-state index is 0.308. The van der Waals surface area contributed by atoms with Gasteiger partial charge in [0.25, 0.3) is 0 Å². The maximum absolute atomic E-state index is 12.3. The molecule has 3 rings (SSSR count). The zero-order valence-corrected chi connectivity index (χ0v) is 12.2. The van der Waals surface area contributed by atoms with Crippen molar-refractivity contribution in [2.75, 3.05) is 6.61 Å². The van der Waals surface area contributed by atoms with Crippen molar-refractivity contribution in [3.63, 3.8) is 0 Å². The van der Waals surface area contributed by atoms with Gasteiger partial charge in [-0.1, -0.05) is 41.6 Å². The van der Waals surface area contributed by atoms with Crippen LogP contribution in [0.1, 0.15) is 17.3 Å². The predicted octanol–water partition coefficient (Wildman–Crippen LogP) is 4.25. The Labute approximate surface area is 126 Å². The Morgan fingerprint density at radius 3 is 2.71 bits per heavy atom. The SMILES string of the molecule is CCOC(=O)c1c(-c2ccccc2)noc1-c1cccs1. The van der Waals surface area contributed by atoms with Gasteiger partial charge in [0.2, 0.25) is 0 Å². The van der Waals surface area contributed by atoms with Crippen LogP contribution >= 0.6 is 11.3 Å². The van der Waals surface area contributed by atoms with Gasteiger partial charge < -0.3 is 9.26 Å². The Morgan fingerprint density at radius 1 is 1.24 bits per heavy atom. The molecule has 5 heteroatoms. The summed E-state index contributed by atoms with van der Waals surface area (Å²) in [5, 5.41) is 6.00. The molecular formula is C16H13NO3S. The Kier molecular flexibility index (Phi) is 3.83. The number of thiophene rings is 1.